The molecule has 1 aromatic rings. The number of amides is 1. The first kappa shape index (κ1) is 20.7. The van der Waals surface area contributed by atoms with Crippen LogP contribution in [0.25, 0.3) is 0 Å². The third-order valence-electron chi connectivity index (χ3n) is 3.80. The minimum absolute atomic E-state index is 0. The Kier molecular flexibility index (Phi) is 9.01. The smallest absolute Gasteiger partial charge is 0.228 e. The Labute approximate surface area is 159 Å². The van der Waals surface area contributed by atoms with Crippen LogP contribution in [0.4, 0.5) is 0 Å². The Balaban J connectivity index is 0.00000288. The summed E-state index contributed by atoms with van der Waals surface area (Å²) in [5.74, 6) is 2.20. The third-order valence-corrected chi connectivity index (χ3v) is 3.80. The molecular weight excluding hydrogens is 423 g/mol. The third kappa shape index (κ3) is 6.62. The second kappa shape index (κ2) is 10.5. The van der Waals surface area contributed by atoms with Crippen molar-refractivity contribution >= 4 is 35.8 Å². The van der Waals surface area contributed by atoms with Gasteiger partial charge in [0.15, 0.2) is 11.8 Å². The lowest BCUT2D eigenvalue weighted by Gasteiger charge is -2.34. The molecule has 1 aliphatic heterocycles. The maximum absolute atomic E-state index is 11.1. The number of piperidine rings is 1. The molecule has 1 atom stereocenters. The second-order valence-corrected chi connectivity index (χ2v) is 5.85. The van der Waals surface area contributed by atoms with Crippen LogP contribution in [0.5, 0.6) is 0 Å². The van der Waals surface area contributed by atoms with Crippen molar-refractivity contribution in [2.24, 2.45) is 16.6 Å². The number of carbonyl (C=O) groups is 1. The monoisotopic (exact) mass is 450 g/mol. The van der Waals surface area contributed by atoms with Gasteiger partial charge < -0.3 is 20.5 Å². The van der Waals surface area contributed by atoms with Crippen molar-refractivity contribution in [3.8, 4) is 0 Å². The highest BCUT2D eigenvalue weighted by molar-refractivity contribution is 14.0. The summed E-state index contributed by atoms with van der Waals surface area (Å²) in [5.41, 5.74) is 5.32. The zero-order chi connectivity index (χ0) is 16.7. The van der Waals surface area contributed by atoms with Crippen LogP contribution in [0.15, 0.2) is 9.52 Å². The van der Waals surface area contributed by atoms with Crippen LogP contribution in [0, 0.1) is 12.8 Å². The predicted molar refractivity (Wildman–Crippen MR) is 102 cm³/mol. The van der Waals surface area contributed by atoms with Crippen LogP contribution in [0.3, 0.4) is 0 Å². The van der Waals surface area contributed by atoms with E-state index < -0.39 is 0 Å². The molecule has 2 heterocycles. The number of nitrogens with zero attached hydrogens (tertiary/aromatic N) is 4. The Morgan fingerprint density at radius 1 is 1.54 bits per heavy atom. The Bertz CT molecular complexity index is 548. The Morgan fingerprint density at radius 3 is 2.96 bits per heavy atom. The van der Waals surface area contributed by atoms with Gasteiger partial charge in [-0.05, 0) is 32.6 Å². The van der Waals surface area contributed by atoms with Gasteiger partial charge in [0.1, 0.15) is 0 Å². The van der Waals surface area contributed by atoms with E-state index in [1.54, 1.807) is 6.92 Å². The minimum Gasteiger partial charge on any atom is -0.370 e. The van der Waals surface area contributed by atoms with Gasteiger partial charge in [-0.3, -0.25) is 9.79 Å². The average Bonchev–Trinajstić information content (AvgIpc) is 2.91. The zero-order valence-corrected chi connectivity index (χ0v) is 16.7. The fraction of sp³-hybridized carbons (Fsp3) is 0.733. The number of nitrogens with one attached hydrogen (secondary N) is 1. The molecule has 1 saturated heterocycles. The van der Waals surface area contributed by atoms with Gasteiger partial charge in [-0.1, -0.05) is 5.16 Å². The van der Waals surface area contributed by atoms with Crippen LogP contribution < -0.4 is 11.1 Å². The topological polar surface area (TPSA) is 110 Å². The van der Waals surface area contributed by atoms with Gasteiger partial charge in [0.2, 0.25) is 11.8 Å². The molecule has 9 heteroatoms. The molecule has 1 unspecified atom stereocenters. The van der Waals surface area contributed by atoms with Gasteiger partial charge in [0.05, 0.1) is 6.54 Å². The van der Waals surface area contributed by atoms with E-state index in [1.807, 2.05) is 6.92 Å². The molecule has 1 aliphatic rings. The van der Waals surface area contributed by atoms with Gasteiger partial charge in [-0.2, -0.15) is 4.98 Å². The van der Waals surface area contributed by atoms with E-state index in [9.17, 15) is 4.79 Å². The SMILES string of the molecule is CCNC(=NCCc1nc(C)no1)N1CCCC(CC(N)=O)C1.I. The molecule has 2 rings (SSSR count). The van der Waals surface area contributed by atoms with Crippen molar-refractivity contribution in [1.29, 1.82) is 0 Å². The molecular formula is C15H27IN6O2. The van der Waals surface area contributed by atoms with E-state index in [0.717, 1.165) is 38.4 Å². The van der Waals surface area contributed by atoms with Crippen molar-refractivity contribution in [3.63, 3.8) is 0 Å². The van der Waals surface area contributed by atoms with E-state index in [-0.39, 0.29) is 29.9 Å². The second-order valence-electron chi connectivity index (χ2n) is 5.85. The predicted octanol–water partition coefficient (Wildman–Crippen LogP) is 1.09. The van der Waals surface area contributed by atoms with Crippen LogP contribution in [0.1, 0.15) is 37.9 Å². The maximum atomic E-state index is 11.1. The highest BCUT2D eigenvalue weighted by atomic mass is 127. The Hall–Kier alpha value is -1.39. The number of hydrogen-bond donors (Lipinski definition) is 2. The van der Waals surface area contributed by atoms with Crippen molar-refractivity contribution < 1.29 is 9.32 Å². The molecule has 136 valence electrons. The number of carbonyl (C=O) groups excluding carboxylic acids is 1. The number of aryl methyl sites for hydroxylation is 1. The summed E-state index contributed by atoms with van der Waals surface area (Å²) in [6.07, 6.45) is 3.15. The molecule has 1 aromatic heterocycles. The van der Waals surface area contributed by atoms with Crippen molar-refractivity contribution in [2.75, 3.05) is 26.2 Å². The highest BCUT2D eigenvalue weighted by Crippen LogP contribution is 2.19. The highest BCUT2D eigenvalue weighted by Gasteiger charge is 2.23. The van der Waals surface area contributed by atoms with Gasteiger partial charge in [0, 0.05) is 32.5 Å². The molecule has 0 aliphatic carbocycles. The summed E-state index contributed by atoms with van der Waals surface area (Å²) in [6.45, 7) is 6.99. The number of likely N-dealkylation sites (tertiary alicyclic amines) is 1. The molecule has 0 spiro atoms. The van der Waals surface area contributed by atoms with E-state index in [1.165, 1.54) is 0 Å². The average molecular weight is 450 g/mol. The molecule has 24 heavy (non-hydrogen) atoms. The summed E-state index contributed by atoms with van der Waals surface area (Å²) in [4.78, 5) is 22.2. The number of hydrogen-bond acceptors (Lipinski definition) is 5. The van der Waals surface area contributed by atoms with Crippen LogP contribution >= 0.6 is 24.0 Å². The first-order valence-corrected chi connectivity index (χ1v) is 8.19. The quantitative estimate of drug-likeness (QED) is 0.382. The van der Waals surface area contributed by atoms with Crippen molar-refractivity contribution in [1.82, 2.24) is 20.4 Å². The van der Waals surface area contributed by atoms with E-state index in [0.29, 0.717) is 37.0 Å². The molecule has 1 amide bonds. The summed E-state index contributed by atoms with van der Waals surface area (Å²) in [5, 5.41) is 7.08. The number of aromatic nitrogens is 2. The number of primary amides is 1. The normalized spacial score (nSPS) is 18.2. The number of nitrogens with two attached hydrogens (primary N) is 1. The molecule has 8 nitrogen and oxygen atoms in total. The van der Waals surface area contributed by atoms with Crippen molar-refractivity contribution in [2.45, 2.75) is 39.5 Å². The molecule has 0 bridgehead atoms. The lowest BCUT2D eigenvalue weighted by Crippen LogP contribution is -2.47. The molecule has 0 radical (unpaired) electrons. The van der Waals surface area contributed by atoms with Gasteiger partial charge in [-0.15, -0.1) is 24.0 Å². The maximum Gasteiger partial charge on any atom is 0.228 e. The minimum atomic E-state index is -0.231. The summed E-state index contributed by atoms with van der Waals surface area (Å²) < 4.78 is 5.10. The van der Waals surface area contributed by atoms with Gasteiger partial charge >= 0.3 is 0 Å². The summed E-state index contributed by atoms with van der Waals surface area (Å²) in [7, 11) is 0. The van der Waals surface area contributed by atoms with Crippen LogP contribution in [-0.2, 0) is 11.2 Å². The summed E-state index contributed by atoms with van der Waals surface area (Å²) in [6, 6.07) is 0. The number of rotatable bonds is 6. The number of halogens is 1. The van der Waals surface area contributed by atoms with Gasteiger partial charge in [0.25, 0.3) is 0 Å². The van der Waals surface area contributed by atoms with E-state index in [4.69, 9.17) is 10.3 Å². The number of guanidine groups is 1. The molecule has 0 aromatic carbocycles. The largest absolute Gasteiger partial charge is 0.370 e. The van der Waals surface area contributed by atoms with Crippen LogP contribution in [0.2, 0.25) is 0 Å². The standard InChI is InChI=1S/C15H26N6O2.HI/c1-3-17-15(18-7-6-14-19-11(2)20-23-14)21-8-4-5-12(10-21)9-13(16)22;/h12H,3-10H2,1-2H3,(H2,16,22)(H,17,18);1H. The molecule has 0 saturated carbocycles. The fourth-order valence-corrected chi connectivity index (χ4v) is 2.83. The van der Waals surface area contributed by atoms with Crippen molar-refractivity contribution in [3.05, 3.63) is 11.7 Å². The zero-order valence-electron chi connectivity index (χ0n) is 14.3. The lowest BCUT2D eigenvalue weighted by atomic mass is 9.95. The summed E-state index contributed by atoms with van der Waals surface area (Å²) >= 11 is 0. The first-order valence-electron chi connectivity index (χ1n) is 8.19. The fourth-order valence-electron chi connectivity index (χ4n) is 2.83. The van der Waals surface area contributed by atoms with Crippen LogP contribution in [-0.4, -0.2) is 53.1 Å². The Morgan fingerprint density at radius 2 is 2.33 bits per heavy atom. The molecule has 1 fully saturated rings. The lowest BCUT2D eigenvalue weighted by molar-refractivity contribution is -0.119. The molecule has 3 N–H and O–H groups in total. The van der Waals surface area contributed by atoms with E-state index >= 15 is 0 Å². The van der Waals surface area contributed by atoms with Gasteiger partial charge in [-0.25, -0.2) is 0 Å². The number of aliphatic imine (C=N–C) groups is 1. The van der Waals surface area contributed by atoms with E-state index in [2.05, 4.69) is 25.3 Å². The first-order chi connectivity index (χ1) is 11.1.